The van der Waals surface area contributed by atoms with Gasteiger partial charge in [0.15, 0.2) is 12.4 Å². The molecule has 0 radical (unpaired) electrons. The Morgan fingerprint density at radius 1 is 0.853 bits per heavy atom. The van der Waals surface area contributed by atoms with Crippen LogP contribution in [-0.4, -0.2) is 42.3 Å². The third-order valence-electron chi connectivity index (χ3n) is 5.74. The number of ether oxygens (including phenoxy) is 3. The van der Waals surface area contributed by atoms with Crippen molar-refractivity contribution in [3.63, 3.8) is 0 Å². The Kier molecular flexibility index (Phi) is 6.54. The minimum Gasteiger partial charge on any atom is -0.497 e. The molecule has 0 aliphatic rings. The summed E-state index contributed by atoms with van der Waals surface area (Å²) in [5.41, 5.74) is 3.77. The summed E-state index contributed by atoms with van der Waals surface area (Å²) in [6.07, 6.45) is 0. The first-order chi connectivity index (χ1) is 16.4. The summed E-state index contributed by atoms with van der Waals surface area (Å²) in [4.78, 5) is 24.5. The van der Waals surface area contributed by atoms with Crippen molar-refractivity contribution in [3.05, 3.63) is 89.1 Å². The van der Waals surface area contributed by atoms with Crippen LogP contribution in [0.1, 0.15) is 27.2 Å². The molecule has 0 saturated carbocycles. The maximum absolute atomic E-state index is 13.6. The molecule has 1 aromatic heterocycles. The quantitative estimate of drug-likeness (QED) is 0.365. The van der Waals surface area contributed by atoms with Crippen LogP contribution in [0.5, 0.6) is 17.2 Å². The molecule has 0 aliphatic heterocycles. The first-order valence-electron chi connectivity index (χ1n) is 10.7. The van der Waals surface area contributed by atoms with Crippen LogP contribution in [-0.2, 0) is 11.3 Å². The Morgan fingerprint density at radius 2 is 1.44 bits per heavy atom. The second-order valence-corrected chi connectivity index (χ2v) is 7.81. The zero-order chi connectivity index (χ0) is 24.2. The molecule has 1 heterocycles. The Hall–Kier alpha value is -4.26. The van der Waals surface area contributed by atoms with Gasteiger partial charge in [-0.15, -0.1) is 0 Å². The highest BCUT2D eigenvalue weighted by Gasteiger charge is 2.22. The smallest absolute Gasteiger partial charge is 0.341 e. The highest BCUT2D eigenvalue weighted by atomic mass is 16.5. The molecule has 1 N–H and O–H groups in total. The van der Waals surface area contributed by atoms with E-state index >= 15 is 0 Å². The lowest BCUT2D eigenvalue weighted by Gasteiger charge is -2.11. The summed E-state index contributed by atoms with van der Waals surface area (Å²) >= 11 is 0. The second kappa shape index (κ2) is 9.70. The molecule has 0 aliphatic carbocycles. The van der Waals surface area contributed by atoms with Gasteiger partial charge in [-0.2, -0.15) is 0 Å². The number of carboxylic acids is 1. The molecular weight excluding hydrogens is 434 g/mol. The van der Waals surface area contributed by atoms with E-state index in [1.165, 1.54) is 0 Å². The second-order valence-electron chi connectivity index (χ2n) is 7.81. The third kappa shape index (κ3) is 4.59. The van der Waals surface area contributed by atoms with E-state index in [1.54, 1.807) is 56.7 Å². The molecule has 0 unspecified atom stereocenters. The Labute approximate surface area is 197 Å². The fourth-order valence-electron chi connectivity index (χ4n) is 3.98. The lowest BCUT2D eigenvalue weighted by atomic mass is 10.0. The predicted molar refractivity (Wildman–Crippen MR) is 128 cm³/mol. The number of carbonyl (C=O) groups excluding carboxylic acids is 1. The van der Waals surface area contributed by atoms with Crippen LogP contribution in [0.25, 0.3) is 10.9 Å². The number of benzene rings is 3. The number of fused-ring (bicyclic) bond motifs is 1. The first-order valence-corrected chi connectivity index (χ1v) is 10.7. The summed E-state index contributed by atoms with van der Waals surface area (Å²) < 4.78 is 17.9. The number of aromatic nitrogens is 1. The van der Waals surface area contributed by atoms with Gasteiger partial charge in [-0.1, -0.05) is 12.1 Å². The van der Waals surface area contributed by atoms with E-state index < -0.39 is 12.6 Å². The third-order valence-corrected chi connectivity index (χ3v) is 5.74. The van der Waals surface area contributed by atoms with E-state index in [4.69, 9.17) is 19.3 Å². The number of hydrogen-bond donors (Lipinski definition) is 1. The SMILES string of the molecule is COc1ccc(Cn2c(C)c(C(=O)c3ccc(OC)cc3)c3ccc(OCC(=O)O)cc32)cc1. The van der Waals surface area contributed by atoms with Crippen LogP contribution in [0.15, 0.2) is 66.7 Å². The van der Waals surface area contributed by atoms with Crippen molar-refractivity contribution >= 4 is 22.7 Å². The van der Waals surface area contributed by atoms with E-state index in [9.17, 15) is 9.59 Å². The van der Waals surface area contributed by atoms with Gasteiger partial charge in [-0.05, 0) is 61.0 Å². The molecule has 4 aromatic rings. The van der Waals surface area contributed by atoms with Crippen molar-refractivity contribution in [2.45, 2.75) is 13.5 Å². The first kappa shape index (κ1) is 22.9. The fourth-order valence-corrected chi connectivity index (χ4v) is 3.98. The van der Waals surface area contributed by atoms with Gasteiger partial charge in [-0.25, -0.2) is 4.79 Å². The minimum atomic E-state index is -1.06. The molecule has 0 fully saturated rings. The predicted octanol–water partition coefficient (Wildman–Crippen LogP) is 4.71. The maximum Gasteiger partial charge on any atom is 0.341 e. The topological polar surface area (TPSA) is 87.0 Å². The zero-order valence-electron chi connectivity index (χ0n) is 19.2. The summed E-state index contributed by atoms with van der Waals surface area (Å²) in [6.45, 7) is 1.99. The van der Waals surface area contributed by atoms with Gasteiger partial charge in [0.1, 0.15) is 17.2 Å². The van der Waals surface area contributed by atoms with Crippen LogP contribution in [0.2, 0.25) is 0 Å². The van der Waals surface area contributed by atoms with E-state index in [0.29, 0.717) is 29.2 Å². The number of nitrogens with zero attached hydrogens (tertiary/aromatic N) is 1. The molecule has 7 heteroatoms. The van der Waals surface area contributed by atoms with Crippen LogP contribution in [0.4, 0.5) is 0 Å². The van der Waals surface area contributed by atoms with Crippen LogP contribution < -0.4 is 14.2 Å². The molecule has 0 saturated heterocycles. The Balaban J connectivity index is 1.81. The maximum atomic E-state index is 13.6. The monoisotopic (exact) mass is 459 g/mol. The fraction of sp³-hybridized carbons (Fsp3) is 0.185. The van der Waals surface area contributed by atoms with Gasteiger partial charge in [0.05, 0.1) is 25.3 Å². The number of rotatable bonds is 9. The normalized spacial score (nSPS) is 10.8. The minimum absolute atomic E-state index is 0.0992. The molecule has 4 rings (SSSR count). The largest absolute Gasteiger partial charge is 0.497 e. The Morgan fingerprint density at radius 3 is 2.03 bits per heavy atom. The molecule has 0 atom stereocenters. The lowest BCUT2D eigenvalue weighted by molar-refractivity contribution is -0.139. The average molecular weight is 459 g/mol. The van der Waals surface area contributed by atoms with Crippen molar-refractivity contribution in [1.82, 2.24) is 4.57 Å². The van der Waals surface area contributed by atoms with Crippen molar-refractivity contribution in [2.24, 2.45) is 0 Å². The molecule has 3 aromatic carbocycles. The summed E-state index contributed by atoms with van der Waals surface area (Å²) in [7, 11) is 3.20. The zero-order valence-corrected chi connectivity index (χ0v) is 19.2. The van der Waals surface area contributed by atoms with Gasteiger partial charge < -0.3 is 23.9 Å². The van der Waals surface area contributed by atoms with Gasteiger partial charge in [-0.3, -0.25) is 4.79 Å². The van der Waals surface area contributed by atoms with Crippen LogP contribution in [0.3, 0.4) is 0 Å². The van der Waals surface area contributed by atoms with E-state index in [2.05, 4.69) is 0 Å². The van der Waals surface area contributed by atoms with Gasteiger partial charge in [0.25, 0.3) is 0 Å². The molecule has 0 bridgehead atoms. The highest BCUT2D eigenvalue weighted by molar-refractivity contribution is 6.17. The molecular formula is C27H25NO6. The standard InChI is InChI=1S/C27H25NO6/c1-17-26(27(31)19-6-10-21(33-3)11-7-19)23-13-12-22(34-16-25(29)30)14-24(23)28(17)15-18-4-8-20(32-2)9-5-18/h4-14H,15-16H2,1-3H3,(H,29,30). The average Bonchev–Trinajstić information content (AvgIpc) is 3.13. The number of carbonyl (C=O) groups is 2. The Bertz CT molecular complexity index is 1340. The van der Waals surface area contributed by atoms with Crippen molar-refractivity contribution in [1.29, 1.82) is 0 Å². The van der Waals surface area contributed by atoms with Crippen molar-refractivity contribution in [2.75, 3.05) is 20.8 Å². The lowest BCUT2D eigenvalue weighted by Crippen LogP contribution is -2.09. The van der Waals surface area contributed by atoms with E-state index in [-0.39, 0.29) is 5.78 Å². The molecule has 7 nitrogen and oxygen atoms in total. The molecule has 34 heavy (non-hydrogen) atoms. The number of methoxy groups -OCH3 is 2. The molecule has 174 valence electrons. The molecule has 0 spiro atoms. The van der Waals surface area contributed by atoms with Gasteiger partial charge in [0, 0.05) is 29.3 Å². The van der Waals surface area contributed by atoms with Crippen LogP contribution in [0, 0.1) is 6.92 Å². The van der Waals surface area contributed by atoms with Crippen LogP contribution >= 0.6 is 0 Å². The number of aliphatic carboxylic acids is 1. The highest BCUT2D eigenvalue weighted by Crippen LogP contribution is 2.32. The summed E-state index contributed by atoms with van der Waals surface area (Å²) in [5, 5.41) is 9.74. The van der Waals surface area contributed by atoms with Crippen molar-refractivity contribution in [3.8, 4) is 17.2 Å². The van der Waals surface area contributed by atoms with Gasteiger partial charge in [0.2, 0.25) is 0 Å². The number of carboxylic acid groups (broad SMARTS) is 1. The summed E-state index contributed by atoms with van der Waals surface area (Å²) in [6, 6.07) is 20.0. The summed E-state index contributed by atoms with van der Waals surface area (Å²) in [5.74, 6) is 0.706. The van der Waals surface area contributed by atoms with E-state index in [0.717, 1.165) is 27.9 Å². The number of ketones is 1. The van der Waals surface area contributed by atoms with E-state index in [1.807, 2.05) is 35.8 Å². The van der Waals surface area contributed by atoms with Crippen molar-refractivity contribution < 1.29 is 28.9 Å². The number of hydrogen-bond acceptors (Lipinski definition) is 5. The van der Waals surface area contributed by atoms with Gasteiger partial charge >= 0.3 is 5.97 Å². The molecule has 0 amide bonds.